The Kier molecular flexibility index (Phi) is 6.50. The summed E-state index contributed by atoms with van der Waals surface area (Å²) in [6.07, 6.45) is -0.568. The monoisotopic (exact) mass is 347 g/mol. The number of hydrogen-bond acceptors (Lipinski definition) is 3. The molecule has 0 spiro atoms. The number of benzene rings is 2. The van der Waals surface area contributed by atoms with Crippen LogP contribution < -0.4 is 14.8 Å². The molecule has 0 heterocycles. The molecule has 4 nitrogen and oxygen atoms in total. The number of amides is 1. The number of halogens is 1. The van der Waals surface area contributed by atoms with E-state index in [0.717, 1.165) is 16.9 Å². The van der Waals surface area contributed by atoms with Crippen LogP contribution in [0.15, 0.2) is 42.5 Å². The van der Waals surface area contributed by atoms with Gasteiger partial charge >= 0.3 is 0 Å². The lowest BCUT2D eigenvalue weighted by molar-refractivity contribution is -0.127. The van der Waals surface area contributed by atoms with Gasteiger partial charge in [-0.05, 0) is 62.2 Å². The summed E-state index contributed by atoms with van der Waals surface area (Å²) in [7, 11) is 0. The lowest BCUT2D eigenvalue weighted by Crippen LogP contribution is -2.38. The first kappa shape index (κ1) is 18.1. The molecule has 0 aliphatic heterocycles. The van der Waals surface area contributed by atoms with E-state index in [2.05, 4.69) is 5.32 Å². The van der Waals surface area contributed by atoms with Crippen LogP contribution >= 0.6 is 11.6 Å². The van der Waals surface area contributed by atoms with Gasteiger partial charge < -0.3 is 14.8 Å². The Hall–Kier alpha value is -2.20. The number of rotatable bonds is 7. The lowest BCUT2D eigenvalue weighted by atomic mass is 10.1. The van der Waals surface area contributed by atoms with Gasteiger partial charge in [0.2, 0.25) is 0 Å². The van der Waals surface area contributed by atoms with Crippen molar-refractivity contribution < 1.29 is 14.3 Å². The average molecular weight is 348 g/mol. The van der Waals surface area contributed by atoms with Gasteiger partial charge in [-0.1, -0.05) is 23.7 Å². The minimum atomic E-state index is -0.568. The Labute approximate surface area is 147 Å². The van der Waals surface area contributed by atoms with Gasteiger partial charge in [0.05, 0.1) is 6.54 Å². The Morgan fingerprint density at radius 1 is 1.17 bits per heavy atom. The van der Waals surface area contributed by atoms with E-state index < -0.39 is 6.10 Å². The summed E-state index contributed by atoms with van der Waals surface area (Å²) in [6.45, 7) is 6.47. The highest BCUT2D eigenvalue weighted by molar-refractivity contribution is 6.30. The van der Waals surface area contributed by atoms with Gasteiger partial charge in [0.25, 0.3) is 5.91 Å². The van der Waals surface area contributed by atoms with Crippen molar-refractivity contribution >= 4 is 17.5 Å². The quantitative estimate of drug-likeness (QED) is 0.772. The van der Waals surface area contributed by atoms with Crippen molar-refractivity contribution in [3.05, 3.63) is 58.6 Å². The molecule has 24 heavy (non-hydrogen) atoms. The molecule has 5 heteroatoms. The highest BCUT2D eigenvalue weighted by atomic mass is 35.5. The van der Waals surface area contributed by atoms with E-state index in [-0.39, 0.29) is 5.91 Å². The Morgan fingerprint density at radius 3 is 2.58 bits per heavy atom. The molecule has 0 unspecified atom stereocenters. The summed E-state index contributed by atoms with van der Waals surface area (Å²) >= 11 is 5.81. The van der Waals surface area contributed by atoms with E-state index in [9.17, 15) is 4.79 Å². The molecule has 0 bridgehead atoms. The third-order valence-electron chi connectivity index (χ3n) is 3.50. The van der Waals surface area contributed by atoms with Crippen molar-refractivity contribution in [3.63, 3.8) is 0 Å². The molecule has 128 valence electrons. The van der Waals surface area contributed by atoms with Crippen LogP contribution in [0.1, 0.15) is 18.1 Å². The summed E-state index contributed by atoms with van der Waals surface area (Å²) in [5.41, 5.74) is 2.10. The third-order valence-corrected chi connectivity index (χ3v) is 3.75. The first-order valence-electron chi connectivity index (χ1n) is 7.85. The third kappa shape index (κ3) is 5.46. The fourth-order valence-corrected chi connectivity index (χ4v) is 2.22. The molecule has 2 aromatic rings. The maximum atomic E-state index is 12.1. The largest absolute Gasteiger partial charge is 0.492 e. The molecule has 1 atom stereocenters. The van der Waals surface area contributed by atoms with Gasteiger partial charge in [-0.2, -0.15) is 0 Å². The van der Waals surface area contributed by atoms with Gasteiger partial charge in [-0.25, -0.2) is 0 Å². The lowest BCUT2D eigenvalue weighted by Gasteiger charge is -2.17. The maximum Gasteiger partial charge on any atom is 0.260 e. The van der Waals surface area contributed by atoms with Gasteiger partial charge in [-0.3, -0.25) is 4.79 Å². The van der Waals surface area contributed by atoms with Crippen LogP contribution in [0.2, 0.25) is 5.02 Å². The SMILES string of the molecule is Cc1ccc(C)c(O[C@H](C)C(=O)NCCOc2ccc(Cl)cc2)c1. The zero-order valence-corrected chi connectivity index (χ0v) is 14.9. The standard InChI is InChI=1S/C19H22ClNO3/c1-13-4-5-14(2)18(12-13)24-15(3)19(22)21-10-11-23-17-8-6-16(20)7-9-17/h4-9,12,15H,10-11H2,1-3H3,(H,21,22)/t15-/m1/s1. The molecule has 0 radical (unpaired) electrons. The van der Waals surface area contributed by atoms with Crippen LogP contribution in [0.25, 0.3) is 0 Å². The van der Waals surface area contributed by atoms with E-state index in [0.29, 0.717) is 23.9 Å². The predicted molar refractivity (Wildman–Crippen MR) is 96.0 cm³/mol. The number of nitrogens with one attached hydrogen (secondary N) is 1. The Morgan fingerprint density at radius 2 is 1.88 bits per heavy atom. The molecule has 0 aromatic heterocycles. The summed E-state index contributed by atoms with van der Waals surface area (Å²) in [4.78, 5) is 12.1. The molecule has 0 aliphatic rings. The number of ether oxygens (including phenoxy) is 2. The fraction of sp³-hybridized carbons (Fsp3) is 0.316. The van der Waals surface area contributed by atoms with E-state index in [1.807, 2.05) is 32.0 Å². The first-order valence-corrected chi connectivity index (χ1v) is 8.23. The predicted octanol–water partition coefficient (Wildman–Crippen LogP) is 3.92. The highest BCUT2D eigenvalue weighted by Gasteiger charge is 2.15. The Bertz CT molecular complexity index is 686. The summed E-state index contributed by atoms with van der Waals surface area (Å²) in [6, 6.07) is 13.0. The highest BCUT2D eigenvalue weighted by Crippen LogP contribution is 2.20. The van der Waals surface area contributed by atoms with Crippen LogP contribution in [0, 0.1) is 13.8 Å². The van der Waals surface area contributed by atoms with Gasteiger partial charge in [0.15, 0.2) is 6.10 Å². The van der Waals surface area contributed by atoms with E-state index in [1.54, 1.807) is 31.2 Å². The molecule has 0 aliphatic carbocycles. The number of aryl methyl sites for hydroxylation is 2. The number of carbonyl (C=O) groups is 1. The van der Waals surface area contributed by atoms with Crippen molar-refractivity contribution in [1.29, 1.82) is 0 Å². The van der Waals surface area contributed by atoms with Gasteiger partial charge in [0, 0.05) is 5.02 Å². The second-order valence-corrected chi connectivity index (χ2v) is 6.06. The van der Waals surface area contributed by atoms with Gasteiger partial charge in [-0.15, -0.1) is 0 Å². The van der Waals surface area contributed by atoms with Crippen LogP contribution in [-0.4, -0.2) is 25.2 Å². The zero-order chi connectivity index (χ0) is 17.5. The van der Waals surface area contributed by atoms with Crippen molar-refractivity contribution in [2.24, 2.45) is 0 Å². The first-order chi connectivity index (χ1) is 11.5. The molecule has 2 rings (SSSR count). The Balaban J connectivity index is 1.75. The summed E-state index contributed by atoms with van der Waals surface area (Å²) in [5, 5.41) is 3.46. The molecule has 1 N–H and O–H groups in total. The molecule has 1 amide bonds. The van der Waals surface area contributed by atoms with E-state index in [1.165, 1.54) is 0 Å². The topological polar surface area (TPSA) is 47.6 Å². The average Bonchev–Trinajstić information content (AvgIpc) is 2.56. The van der Waals surface area contributed by atoms with E-state index >= 15 is 0 Å². The normalized spacial score (nSPS) is 11.7. The smallest absolute Gasteiger partial charge is 0.260 e. The van der Waals surface area contributed by atoms with Crippen molar-refractivity contribution in [1.82, 2.24) is 5.32 Å². The van der Waals surface area contributed by atoms with Crippen LogP contribution in [-0.2, 0) is 4.79 Å². The fourth-order valence-electron chi connectivity index (χ4n) is 2.10. The molecule has 2 aromatic carbocycles. The minimum absolute atomic E-state index is 0.171. The maximum absolute atomic E-state index is 12.1. The molecule has 0 saturated heterocycles. The summed E-state index contributed by atoms with van der Waals surface area (Å²) < 4.78 is 11.3. The second kappa shape index (κ2) is 8.60. The molecular weight excluding hydrogens is 326 g/mol. The van der Waals surface area contributed by atoms with Crippen molar-refractivity contribution in [2.45, 2.75) is 26.9 Å². The summed E-state index contributed by atoms with van der Waals surface area (Å²) in [5.74, 6) is 1.28. The second-order valence-electron chi connectivity index (χ2n) is 5.62. The van der Waals surface area contributed by atoms with Crippen LogP contribution in [0.3, 0.4) is 0 Å². The van der Waals surface area contributed by atoms with E-state index in [4.69, 9.17) is 21.1 Å². The van der Waals surface area contributed by atoms with Crippen LogP contribution in [0.4, 0.5) is 0 Å². The minimum Gasteiger partial charge on any atom is -0.492 e. The van der Waals surface area contributed by atoms with Crippen molar-refractivity contribution in [2.75, 3.05) is 13.2 Å². The van der Waals surface area contributed by atoms with Crippen LogP contribution in [0.5, 0.6) is 11.5 Å². The van der Waals surface area contributed by atoms with Crippen molar-refractivity contribution in [3.8, 4) is 11.5 Å². The number of carbonyl (C=O) groups excluding carboxylic acids is 1. The number of hydrogen-bond donors (Lipinski definition) is 1. The molecule has 0 fully saturated rings. The molecule has 0 saturated carbocycles. The molecular formula is C19H22ClNO3. The van der Waals surface area contributed by atoms with Gasteiger partial charge in [0.1, 0.15) is 18.1 Å². The zero-order valence-electron chi connectivity index (χ0n) is 14.1.